The summed E-state index contributed by atoms with van der Waals surface area (Å²) in [7, 11) is 0. The van der Waals surface area contributed by atoms with Crippen LogP contribution in [0.15, 0.2) is 54.6 Å². The highest BCUT2D eigenvalue weighted by Gasteiger charge is 2.21. The molecule has 0 atom stereocenters. The molecule has 4 aromatic rings. The lowest BCUT2D eigenvalue weighted by molar-refractivity contribution is 0.0521. The van der Waals surface area contributed by atoms with Crippen LogP contribution >= 0.6 is 0 Å². The first-order valence-electron chi connectivity index (χ1n) is 7.64. The summed E-state index contributed by atoms with van der Waals surface area (Å²) in [5.74, 6) is -0.336. The summed E-state index contributed by atoms with van der Waals surface area (Å²) in [6.07, 6.45) is 0. The lowest BCUT2D eigenvalue weighted by Gasteiger charge is -2.03. The summed E-state index contributed by atoms with van der Waals surface area (Å²) in [5.41, 5.74) is 4.22. The molecule has 0 saturated heterocycles. The molecule has 4 rings (SSSR count). The number of para-hydroxylation sites is 2. The number of carbonyl (C=O) groups is 1. The maximum absolute atomic E-state index is 12.4. The number of aromatic nitrogens is 2. The topological polar surface area (TPSA) is 57.9 Å². The Bertz CT molecular complexity index is 977. The zero-order valence-corrected chi connectivity index (χ0v) is 12.7. The number of H-pyrrole nitrogens is 2. The molecule has 0 aliphatic heterocycles. The second kappa shape index (κ2) is 5.32. The number of carbonyl (C=O) groups excluding carboxylic acids is 1. The minimum atomic E-state index is -0.336. The smallest absolute Gasteiger partial charge is 0.355 e. The van der Waals surface area contributed by atoms with Crippen molar-refractivity contribution in [3.05, 3.63) is 60.3 Å². The van der Waals surface area contributed by atoms with Crippen molar-refractivity contribution in [2.24, 2.45) is 0 Å². The molecule has 0 spiro atoms. The molecular formula is C19H16N2O2. The van der Waals surface area contributed by atoms with Crippen molar-refractivity contribution in [2.45, 2.75) is 6.92 Å². The van der Waals surface area contributed by atoms with Crippen LogP contribution in [0.1, 0.15) is 17.4 Å². The number of nitrogens with one attached hydrogen (secondary N) is 2. The lowest BCUT2D eigenvalue weighted by Crippen LogP contribution is -2.06. The molecule has 2 N–H and O–H groups in total. The monoisotopic (exact) mass is 304 g/mol. The summed E-state index contributed by atoms with van der Waals surface area (Å²) in [6.45, 7) is 2.16. The van der Waals surface area contributed by atoms with Gasteiger partial charge in [0, 0.05) is 33.1 Å². The molecule has 4 heteroatoms. The number of hydrogen-bond acceptors (Lipinski definition) is 2. The van der Waals surface area contributed by atoms with Gasteiger partial charge in [0.15, 0.2) is 0 Å². The van der Waals surface area contributed by atoms with Crippen molar-refractivity contribution in [1.82, 2.24) is 9.97 Å². The quantitative estimate of drug-likeness (QED) is 0.548. The van der Waals surface area contributed by atoms with Crippen molar-refractivity contribution < 1.29 is 9.53 Å². The van der Waals surface area contributed by atoms with E-state index < -0.39 is 0 Å². The Labute approximate surface area is 133 Å². The number of fused-ring (bicyclic) bond motifs is 2. The van der Waals surface area contributed by atoms with Crippen molar-refractivity contribution in [3.63, 3.8) is 0 Å². The molecule has 0 aliphatic carbocycles. The summed E-state index contributed by atoms with van der Waals surface area (Å²) in [6, 6.07) is 18.0. The predicted octanol–water partition coefficient (Wildman–Crippen LogP) is 4.49. The highest BCUT2D eigenvalue weighted by molar-refractivity contribution is 6.08. The van der Waals surface area contributed by atoms with Crippen molar-refractivity contribution in [1.29, 1.82) is 0 Å². The maximum atomic E-state index is 12.4. The molecule has 4 nitrogen and oxygen atoms in total. The Morgan fingerprint density at radius 1 is 1.00 bits per heavy atom. The van der Waals surface area contributed by atoms with Crippen LogP contribution in [0.4, 0.5) is 0 Å². The first kappa shape index (κ1) is 13.6. The summed E-state index contributed by atoms with van der Waals surface area (Å²) in [5, 5.41) is 2.12. The molecule has 0 radical (unpaired) electrons. The average molecular weight is 304 g/mol. The number of ether oxygens (including phenoxy) is 1. The molecule has 0 bridgehead atoms. The van der Waals surface area contributed by atoms with Gasteiger partial charge in [0.25, 0.3) is 0 Å². The van der Waals surface area contributed by atoms with Gasteiger partial charge in [0.2, 0.25) is 0 Å². The fourth-order valence-corrected chi connectivity index (χ4v) is 2.99. The molecule has 2 aromatic carbocycles. The van der Waals surface area contributed by atoms with E-state index in [9.17, 15) is 4.79 Å². The summed E-state index contributed by atoms with van der Waals surface area (Å²) < 4.78 is 5.21. The third kappa shape index (κ3) is 2.19. The molecule has 0 amide bonds. The van der Waals surface area contributed by atoms with E-state index in [4.69, 9.17) is 4.74 Å². The van der Waals surface area contributed by atoms with Gasteiger partial charge in [-0.25, -0.2) is 4.79 Å². The largest absolute Gasteiger partial charge is 0.461 e. The van der Waals surface area contributed by atoms with Gasteiger partial charge in [0.1, 0.15) is 5.69 Å². The molecule has 114 valence electrons. The van der Waals surface area contributed by atoms with E-state index in [0.717, 1.165) is 33.1 Å². The SMILES string of the molecule is CCOC(=O)c1[nH]c2ccccc2c1-c1cc2ccccc2[nH]1. The predicted molar refractivity (Wildman–Crippen MR) is 91.5 cm³/mol. The molecule has 0 aliphatic rings. The van der Waals surface area contributed by atoms with Gasteiger partial charge in [0.05, 0.1) is 6.61 Å². The fourth-order valence-electron chi connectivity index (χ4n) is 2.99. The molecular weight excluding hydrogens is 288 g/mol. The molecule has 0 fully saturated rings. The number of rotatable bonds is 3. The van der Waals surface area contributed by atoms with E-state index >= 15 is 0 Å². The van der Waals surface area contributed by atoms with Crippen LogP contribution in [0.25, 0.3) is 33.1 Å². The zero-order valence-electron chi connectivity index (χ0n) is 12.7. The standard InChI is InChI=1S/C19H16N2O2/c1-2-23-19(22)18-17(13-8-4-6-10-15(13)21-18)16-11-12-7-3-5-9-14(12)20-16/h3-11,20-21H,2H2,1H3. The third-order valence-electron chi connectivity index (χ3n) is 3.98. The normalized spacial score (nSPS) is 11.2. The Kier molecular flexibility index (Phi) is 3.15. The molecule has 2 aromatic heterocycles. The minimum absolute atomic E-state index is 0.336. The highest BCUT2D eigenvalue weighted by Crippen LogP contribution is 2.34. The van der Waals surface area contributed by atoms with E-state index in [1.807, 2.05) is 55.5 Å². The van der Waals surface area contributed by atoms with Crippen LogP contribution in [0.3, 0.4) is 0 Å². The maximum Gasteiger partial charge on any atom is 0.355 e. The van der Waals surface area contributed by atoms with Gasteiger partial charge in [-0.15, -0.1) is 0 Å². The van der Waals surface area contributed by atoms with Crippen LogP contribution < -0.4 is 0 Å². The van der Waals surface area contributed by atoms with Gasteiger partial charge < -0.3 is 14.7 Å². The van der Waals surface area contributed by atoms with E-state index in [0.29, 0.717) is 12.3 Å². The van der Waals surface area contributed by atoms with E-state index in [-0.39, 0.29) is 5.97 Å². The molecule has 2 heterocycles. The van der Waals surface area contributed by atoms with Crippen LogP contribution in [-0.2, 0) is 4.74 Å². The number of benzene rings is 2. The fraction of sp³-hybridized carbons (Fsp3) is 0.105. The number of esters is 1. The molecule has 23 heavy (non-hydrogen) atoms. The lowest BCUT2D eigenvalue weighted by atomic mass is 10.1. The van der Waals surface area contributed by atoms with Crippen LogP contribution in [0, 0.1) is 0 Å². The first-order chi connectivity index (χ1) is 11.3. The Morgan fingerprint density at radius 3 is 2.52 bits per heavy atom. The second-order valence-electron chi connectivity index (χ2n) is 5.41. The van der Waals surface area contributed by atoms with E-state index in [1.165, 1.54) is 0 Å². The Morgan fingerprint density at radius 2 is 1.74 bits per heavy atom. The summed E-state index contributed by atoms with van der Waals surface area (Å²) >= 11 is 0. The van der Waals surface area contributed by atoms with Gasteiger partial charge in [-0.05, 0) is 25.1 Å². The number of aromatic amines is 2. The van der Waals surface area contributed by atoms with Crippen LogP contribution in [0.2, 0.25) is 0 Å². The molecule has 0 saturated carbocycles. The Hall–Kier alpha value is -3.01. The molecule has 0 unspecified atom stereocenters. The van der Waals surface area contributed by atoms with Gasteiger partial charge in [-0.2, -0.15) is 0 Å². The van der Waals surface area contributed by atoms with Crippen LogP contribution in [0.5, 0.6) is 0 Å². The van der Waals surface area contributed by atoms with Crippen molar-refractivity contribution in [3.8, 4) is 11.3 Å². The van der Waals surface area contributed by atoms with Gasteiger partial charge >= 0.3 is 5.97 Å². The highest BCUT2D eigenvalue weighted by atomic mass is 16.5. The minimum Gasteiger partial charge on any atom is -0.461 e. The summed E-state index contributed by atoms with van der Waals surface area (Å²) in [4.78, 5) is 19.0. The van der Waals surface area contributed by atoms with E-state index in [2.05, 4.69) is 16.0 Å². The second-order valence-corrected chi connectivity index (χ2v) is 5.41. The van der Waals surface area contributed by atoms with Crippen LogP contribution in [-0.4, -0.2) is 22.5 Å². The average Bonchev–Trinajstić information content (AvgIpc) is 3.15. The zero-order chi connectivity index (χ0) is 15.8. The van der Waals surface area contributed by atoms with Gasteiger partial charge in [-0.1, -0.05) is 36.4 Å². The van der Waals surface area contributed by atoms with Gasteiger partial charge in [-0.3, -0.25) is 0 Å². The number of hydrogen-bond donors (Lipinski definition) is 2. The van der Waals surface area contributed by atoms with E-state index in [1.54, 1.807) is 0 Å². The third-order valence-corrected chi connectivity index (χ3v) is 3.98. The Balaban J connectivity index is 2.00. The van der Waals surface area contributed by atoms with Crippen molar-refractivity contribution in [2.75, 3.05) is 6.61 Å². The first-order valence-corrected chi connectivity index (χ1v) is 7.64. The van der Waals surface area contributed by atoms with Crippen molar-refractivity contribution >= 4 is 27.8 Å².